The third-order valence-corrected chi connectivity index (χ3v) is 5.47. The number of likely N-dealkylation sites (N-methyl/N-ethyl adjacent to an activating group) is 1. The Hall–Kier alpha value is -2.48. The Morgan fingerprint density at radius 2 is 1.93 bits per heavy atom. The van der Waals surface area contributed by atoms with E-state index < -0.39 is 0 Å². The van der Waals surface area contributed by atoms with Crippen molar-refractivity contribution in [3.63, 3.8) is 0 Å². The highest BCUT2D eigenvalue weighted by atomic mass is 35.5. The van der Waals surface area contributed by atoms with Crippen LogP contribution in [0.3, 0.4) is 0 Å². The fourth-order valence-electron chi connectivity index (χ4n) is 3.00. The van der Waals surface area contributed by atoms with E-state index in [1.165, 1.54) is 17.4 Å². The van der Waals surface area contributed by atoms with Crippen LogP contribution in [0.15, 0.2) is 48.7 Å². The molecule has 0 aliphatic rings. The first-order chi connectivity index (χ1) is 13.0. The van der Waals surface area contributed by atoms with Gasteiger partial charge in [0.2, 0.25) is 0 Å². The first kappa shape index (κ1) is 20.3. The van der Waals surface area contributed by atoms with Crippen LogP contribution >= 0.6 is 23.7 Å². The van der Waals surface area contributed by atoms with E-state index >= 15 is 0 Å². The van der Waals surface area contributed by atoms with E-state index in [4.69, 9.17) is 0 Å². The van der Waals surface area contributed by atoms with Gasteiger partial charge < -0.3 is 9.88 Å². The van der Waals surface area contributed by atoms with Crippen molar-refractivity contribution < 1.29 is 9.18 Å². The summed E-state index contributed by atoms with van der Waals surface area (Å²) in [6.45, 7) is 1.14. The number of fused-ring (bicyclic) bond motifs is 2. The van der Waals surface area contributed by atoms with E-state index in [-0.39, 0.29) is 24.1 Å². The lowest BCUT2D eigenvalue weighted by molar-refractivity contribution is 0.0987. The summed E-state index contributed by atoms with van der Waals surface area (Å²) in [7, 11) is 3.90. The second kappa shape index (κ2) is 8.26. The molecule has 0 bridgehead atoms. The van der Waals surface area contributed by atoms with Crippen LogP contribution in [-0.4, -0.2) is 48.0 Å². The standard InChI is InChI=1S/C20H19FN4OS.ClH/c1-24(2)10-11-25(20-23-18-15(21)7-5-9-17(18)27-20)19(26)14-12-22-16-8-4-3-6-13(14)16;/h3-9,12,22H,10-11H2,1-2H3;1H. The van der Waals surface area contributed by atoms with Crippen LogP contribution in [-0.2, 0) is 0 Å². The van der Waals surface area contributed by atoms with E-state index in [2.05, 4.69) is 9.97 Å². The number of amides is 1. The minimum atomic E-state index is -0.373. The Kier molecular flexibility index (Phi) is 5.98. The van der Waals surface area contributed by atoms with Gasteiger partial charge in [-0.05, 0) is 32.3 Å². The van der Waals surface area contributed by atoms with Crippen LogP contribution in [0.5, 0.6) is 0 Å². The summed E-state index contributed by atoms with van der Waals surface area (Å²) >= 11 is 1.33. The predicted octanol–water partition coefficient (Wildman–Crippen LogP) is 4.55. The molecule has 4 aromatic rings. The molecule has 2 heterocycles. The van der Waals surface area contributed by atoms with Gasteiger partial charge in [-0.15, -0.1) is 12.4 Å². The number of hydrogen-bond donors (Lipinski definition) is 1. The van der Waals surface area contributed by atoms with Gasteiger partial charge >= 0.3 is 0 Å². The Morgan fingerprint density at radius 3 is 2.68 bits per heavy atom. The van der Waals surface area contributed by atoms with E-state index in [0.29, 0.717) is 29.3 Å². The maximum Gasteiger partial charge on any atom is 0.262 e. The molecule has 146 valence electrons. The largest absolute Gasteiger partial charge is 0.360 e. The minimum absolute atomic E-state index is 0. The molecule has 0 spiro atoms. The Morgan fingerprint density at radius 1 is 1.14 bits per heavy atom. The fraction of sp³-hybridized carbons (Fsp3) is 0.200. The summed E-state index contributed by atoms with van der Waals surface area (Å²) in [4.78, 5) is 24.6. The quantitative estimate of drug-likeness (QED) is 0.517. The molecule has 0 unspecified atom stereocenters. The molecule has 8 heteroatoms. The number of carbonyl (C=O) groups is 1. The third-order valence-electron chi connectivity index (χ3n) is 4.42. The number of carbonyl (C=O) groups excluding carboxylic acids is 1. The average molecular weight is 419 g/mol. The van der Waals surface area contributed by atoms with Crippen LogP contribution < -0.4 is 4.90 Å². The topological polar surface area (TPSA) is 52.2 Å². The molecule has 1 amide bonds. The smallest absolute Gasteiger partial charge is 0.262 e. The third kappa shape index (κ3) is 3.73. The van der Waals surface area contributed by atoms with Crippen molar-refractivity contribution in [1.82, 2.24) is 14.9 Å². The molecule has 4 rings (SSSR count). The van der Waals surface area contributed by atoms with Gasteiger partial charge in [-0.25, -0.2) is 9.37 Å². The summed E-state index contributed by atoms with van der Waals surface area (Å²) in [5, 5.41) is 1.37. The number of benzene rings is 2. The van der Waals surface area contributed by atoms with Crippen LogP contribution in [0, 0.1) is 5.82 Å². The van der Waals surface area contributed by atoms with Crippen LogP contribution in [0.2, 0.25) is 0 Å². The SMILES string of the molecule is CN(C)CCN(C(=O)c1c[nH]c2ccccc12)c1nc2c(F)cccc2s1.Cl. The normalized spacial score (nSPS) is 11.1. The van der Waals surface area contributed by atoms with Gasteiger partial charge in [0, 0.05) is 30.2 Å². The van der Waals surface area contributed by atoms with Crippen molar-refractivity contribution >= 4 is 55.9 Å². The molecule has 0 saturated carbocycles. The highest BCUT2D eigenvalue weighted by Crippen LogP contribution is 2.32. The minimum Gasteiger partial charge on any atom is -0.360 e. The van der Waals surface area contributed by atoms with Crippen molar-refractivity contribution in [2.45, 2.75) is 0 Å². The van der Waals surface area contributed by atoms with Gasteiger partial charge in [0.25, 0.3) is 5.91 Å². The van der Waals surface area contributed by atoms with Crippen molar-refractivity contribution in [2.24, 2.45) is 0 Å². The summed E-state index contributed by atoms with van der Waals surface area (Å²) in [6.07, 6.45) is 1.73. The van der Waals surface area contributed by atoms with E-state index in [1.807, 2.05) is 49.3 Å². The summed E-state index contributed by atoms with van der Waals surface area (Å²) in [5.41, 5.74) is 1.80. The fourth-order valence-corrected chi connectivity index (χ4v) is 4.00. The van der Waals surface area contributed by atoms with E-state index in [1.54, 1.807) is 17.2 Å². The summed E-state index contributed by atoms with van der Waals surface area (Å²) in [6, 6.07) is 12.5. The maximum absolute atomic E-state index is 14.1. The van der Waals surface area contributed by atoms with Crippen LogP contribution in [0.1, 0.15) is 10.4 Å². The molecule has 2 aromatic heterocycles. The van der Waals surface area contributed by atoms with Crippen molar-refractivity contribution in [1.29, 1.82) is 0 Å². The van der Waals surface area contributed by atoms with Gasteiger partial charge in [-0.2, -0.15) is 0 Å². The molecule has 0 saturated heterocycles. The molecule has 0 aliphatic carbocycles. The van der Waals surface area contributed by atoms with Crippen LogP contribution in [0.25, 0.3) is 21.1 Å². The number of thiazole rings is 1. The van der Waals surface area contributed by atoms with Crippen LogP contribution in [0.4, 0.5) is 9.52 Å². The van der Waals surface area contributed by atoms with E-state index in [9.17, 15) is 9.18 Å². The number of hydrogen-bond acceptors (Lipinski definition) is 4. The molecule has 0 atom stereocenters. The van der Waals surface area contributed by atoms with Crippen molar-refractivity contribution in [3.05, 3.63) is 60.0 Å². The zero-order valence-electron chi connectivity index (χ0n) is 15.5. The number of aromatic nitrogens is 2. The molecule has 5 nitrogen and oxygen atoms in total. The monoisotopic (exact) mass is 418 g/mol. The molecule has 0 aliphatic heterocycles. The van der Waals surface area contributed by atoms with E-state index in [0.717, 1.165) is 15.6 Å². The number of nitrogens with one attached hydrogen (secondary N) is 1. The Bertz CT molecular complexity index is 1120. The lowest BCUT2D eigenvalue weighted by atomic mass is 10.1. The Balaban J connectivity index is 0.00000225. The molecule has 1 N–H and O–H groups in total. The molecule has 0 fully saturated rings. The number of anilines is 1. The number of nitrogens with zero attached hydrogens (tertiary/aromatic N) is 3. The number of para-hydroxylation sites is 2. The first-order valence-corrected chi connectivity index (χ1v) is 9.44. The molecule has 0 radical (unpaired) electrons. The predicted molar refractivity (Wildman–Crippen MR) is 115 cm³/mol. The van der Waals surface area contributed by atoms with Gasteiger partial charge in [0.15, 0.2) is 5.13 Å². The second-order valence-corrected chi connectivity index (χ2v) is 7.60. The highest BCUT2D eigenvalue weighted by Gasteiger charge is 2.24. The zero-order valence-corrected chi connectivity index (χ0v) is 17.1. The summed E-state index contributed by atoms with van der Waals surface area (Å²) < 4.78 is 14.8. The number of aromatic amines is 1. The van der Waals surface area contributed by atoms with Gasteiger partial charge in [0.05, 0.1) is 10.3 Å². The number of H-pyrrole nitrogens is 1. The number of rotatable bonds is 5. The molecule has 2 aromatic carbocycles. The lowest BCUT2D eigenvalue weighted by Gasteiger charge is -2.21. The molecule has 28 heavy (non-hydrogen) atoms. The summed E-state index contributed by atoms with van der Waals surface area (Å²) in [5.74, 6) is -0.518. The van der Waals surface area contributed by atoms with Crippen molar-refractivity contribution in [3.8, 4) is 0 Å². The maximum atomic E-state index is 14.1. The average Bonchev–Trinajstić information content (AvgIpc) is 3.26. The first-order valence-electron chi connectivity index (χ1n) is 8.62. The number of halogens is 2. The molecular weight excluding hydrogens is 399 g/mol. The molecular formula is C20H20ClFN4OS. The van der Waals surface area contributed by atoms with Crippen molar-refractivity contribution in [2.75, 3.05) is 32.1 Å². The van der Waals surface area contributed by atoms with Gasteiger partial charge in [0.1, 0.15) is 11.3 Å². The van der Waals surface area contributed by atoms with Gasteiger partial charge in [-0.1, -0.05) is 35.6 Å². The zero-order chi connectivity index (χ0) is 19.0. The lowest BCUT2D eigenvalue weighted by Crippen LogP contribution is -2.36. The Labute approximate surface area is 172 Å². The second-order valence-electron chi connectivity index (χ2n) is 6.59. The highest BCUT2D eigenvalue weighted by molar-refractivity contribution is 7.22. The van der Waals surface area contributed by atoms with Gasteiger partial charge in [-0.3, -0.25) is 9.69 Å².